The van der Waals surface area contributed by atoms with Crippen molar-refractivity contribution in [2.75, 3.05) is 26.3 Å². The molecule has 1 atom stereocenters. The molecule has 0 spiro atoms. The Bertz CT molecular complexity index is 405. The van der Waals surface area contributed by atoms with E-state index >= 15 is 0 Å². The zero-order chi connectivity index (χ0) is 13.0. The number of hydrogen-bond acceptors (Lipinski definition) is 4. The summed E-state index contributed by atoms with van der Waals surface area (Å²) in [5.41, 5.74) is 0. The summed E-state index contributed by atoms with van der Waals surface area (Å²) in [6, 6.07) is 4.20. The highest BCUT2D eigenvalue weighted by Crippen LogP contribution is 2.28. The molecular weight excluding hydrogens is 248 g/mol. The van der Waals surface area contributed by atoms with Crippen LogP contribution in [0.2, 0.25) is 0 Å². The minimum atomic E-state index is 0.0535. The molecular formula is C13H20N2O2S. The summed E-state index contributed by atoms with van der Waals surface area (Å²) in [6.07, 6.45) is 0.945. The number of nitrogens with zero attached hydrogens (tertiary/aromatic N) is 1. The van der Waals surface area contributed by atoms with Crippen molar-refractivity contribution in [3.8, 4) is 0 Å². The van der Waals surface area contributed by atoms with E-state index < -0.39 is 0 Å². The predicted octanol–water partition coefficient (Wildman–Crippen LogP) is 1.91. The normalized spacial score (nSPS) is 19.8. The van der Waals surface area contributed by atoms with Crippen molar-refractivity contribution in [2.45, 2.75) is 26.4 Å². The van der Waals surface area contributed by atoms with E-state index in [1.165, 1.54) is 9.75 Å². The molecule has 1 aromatic rings. The molecule has 1 aliphatic heterocycles. The van der Waals surface area contributed by atoms with Gasteiger partial charge in [-0.3, -0.25) is 10.1 Å². The second kappa shape index (κ2) is 6.31. The van der Waals surface area contributed by atoms with Crippen LogP contribution in [-0.2, 0) is 9.53 Å². The van der Waals surface area contributed by atoms with Crippen LogP contribution in [0.15, 0.2) is 12.1 Å². The molecule has 1 aliphatic rings. The molecule has 2 rings (SSSR count). The third kappa shape index (κ3) is 3.10. The summed E-state index contributed by atoms with van der Waals surface area (Å²) in [7, 11) is 0. The van der Waals surface area contributed by atoms with Crippen molar-refractivity contribution >= 4 is 17.2 Å². The van der Waals surface area contributed by atoms with Crippen molar-refractivity contribution in [2.24, 2.45) is 0 Å². The van der Waals surface area contributed by atoms with Crippen LogP contribution < -0.4 is 5.32 Å². The largest absolute Gasteiger partial charge is 0.382 e. The van der Waals surface area contributed by atoms with Gasteiger partial charge in [-0.15, -0.1) is 11.3 Å². The summed E-state index contributed by atoms with van der Waals surface area (Å²) in [5, 5.41) is 3.27. The smallest absolute Gasteiger partial charge is 0.238 e. The van der Waals surface area contributed by atoms with Gasteiger partial charge in [0.05, 0.1) is 6.54 Å². The molecule has 0 aromatic carbocycles. The number of ether oxygens (including phenoxy) is 1. The molecule has 0 saturated carbocycles. The van der Waals surface area contributed by atoms with E-state index in [2.05, 4.69) is 24.4 Å². The van der Waals surface area contributed by atoms with Crippen molar-refractivity contribution in [1.29, 1.82) is 0 Å². The Balaban J connectivity index is 1.95. The lowest BCUT2D eigenvalue weighted by Crippen LogP contribution is -2.31. The molecule has 1 saturated heterocycles. The van der Waals surface area contributed by atoms with Gasteiger partial charge in [0.2, 0.25) is 5.91 Å². The first kappa shape index (κ1) is 13.5. The summed E-state index contributed by atoms with van der Waals surface area (Å²) >= 11 is 1.75. The van der Waals surface area contributed by atoms with E-state index in [4.69, 9.17) is 4.74 Å². The highest BCUT2D eigenvalue weighted by Gasteiger charge is 2.31. The first-order chi connectivity index (χ1) is 8.72. The van der Waals surface area contributed by atoms with Gasteiger partial charge in [-0.25, -0.2) is 0 Å². The summed E-state index contributed by atoms with van der Waals surface area (Å²) in [6.45, 7) is 6.73. The van der Waals surface area contributed by atoms with E-state index in [-0.39, 0.29) is 12.1 Å². The average molecular weight is 268 g/mol. The third-order valence-corrected chi connectivity index (χ3v) is 4.05. The molecule has 1 aromatic heterocycles. The fourth-order valence-electron chi connectivity index (χ4n) is 2.13. The van der Waals surface area contributed by atoms with Gasteiger partial charge in [0.25, 0.3) is 0 Å². The van der Waals surface area contributed by atoms with Crippen LogP contribution in [0, 0.1) is 6.92 Å². The average Bonchev–Trinajstić information content (AvgIpc) is 2.92. The van der Waals surface area contributed by atoms with Gasteiger partial charge in [0.1, 0.15) is 6.17 Å². The molecule has 1 unspecified atom stereocenters. The van der Waals surface area contributed by atoms with Crippen LogP contribution >= 0.6 is 11.3 Å². The molecule has 5 heteroatoms. The van der Waals surface area contributed by atoms with E-state index in [0.717, 1.165) is 26.2 Å². The standard InChI is InChI=1S/C13H20N2O2S/c1-3-17-8-4-7-15-12(16)9-14-13(15)11-6-5-10(2)18-11/h5-6,13-14H,3-4,7-9H2,1-2H3. The second-order valence-electron chi connectivity index (χ2n) is 4.37. The van der Waals surface area contributed by atoms with Gasteiger partial charge in [-0.1, -0.05) is 0 Å². The molecule has 2 heterocycles. The van der Waals surface area contributed by atoms with Crippen LogP contribution in [-0.4, -0.2) is 37.1 Å². The number of carbonyl (C=O) groups excluding carboxylic acids is 1. The van der Waals surface area contributed by atoms with Gasteiger partial charge in [-0.05, 0) is 32.4 Å². The topological polar surface area (TPSA) is 41.6 Å². The summed E-state index contributed by atoms with van der Waals surface area (Å²) < 4.78 is 5.32. The van der Waals surface area contributed by atoms with Crippen molar-refractivity contribution in [1.82, 2.24) is 10.2 Å². The monoisotopic (exact) mass is 268 g/mol. The van der Waals surface area contributed by atoms with Crippen molar-refractivity contribution in [3.05, 3.63) is 21.9 Å². The van der Waals surface area contributed by atoms with Gasteiger partial charge < -0.3 is 9.64 Å². The Morgan fingerprint density at radius 2 is 2.39 bits per heavy atom. The van der Waals surface area contributed by atoms with E-state index in [9.17, 15) is 4.79 Å². The van der Waals surface area contributed by atoms with Crippen LogP contribution in [0.25, 0.3) is 0 Å². The number of thiophene rings is 1. The SMILES string of the molecule is CCOCCCN1C(=O)CNC1c1ccc(C)s1. The first-order valence-corrected chi connectivity index (χ1v) is 7.21. The van der Waals surface area contributed by atoms with Crippen molar-refractivity contribution < 1.29 is 9.53 Å². The van der Waals surface area contributed by atoms with Crippen LogP contribution in [0.1, 0.15) is 29.3 Å². The maximum atomic E-state index is 11.9. The molecule has 1 amide bonds. The van der Waals surface area contributed by atoms with Crippen molar-refractivity contribution in [3.63, 3.8) is 0 Å². The molecule has 1 fully saturated rings. The quantitative estimate of drug-likeness (QED) is 0.801. The molecule has 0 bridgehead atoms. The molecule has 0 aliphatic carbocycles. The third-order valence-electron chi connectivity index (χ3n) is 3.00. The minimum absolute atomic E-state index is 0.0535. The number of nitrogens with one attached hydrogen (secondary N) is 1. The molecule has 4 nitrogen and oxygen atoms in total. The zero-order valence-corrected chi connectivity index (χ0v) is 11.8. The maximum absolute atomic E-state index is 11.9. The Hall–Kier alpha value is -0.910. The molecule has 1 N–H and O–H groups in total. The second-order valence-corrected chi connectivity index (χ2v) is 5.69. The van der Waals surface area contributed by atoms with Crippen LogP contribution in [0.5, 0.6) is 0 Å². The Labute approximate surface area is 112 Å². The lowest BCUT2D eigenvalue weighted by molar-refractivity contribution is -0.128. The lowest BCUT2D eigenvalue weighted by atomic mass is 10.3. The molecule has 0 radical (unpaired) electrons. The number of amides is 1. The fourth-order valence-corrected chi connectivity index (χ4v) is 3.10. The van der Waals surface area contributed by atoms with Crippen LogP contribution in [0.3, 0.4) is 0 Å². The number of rotatable bonds is 6. The van der Waals surface area contributed by atoms with Gasteiger partial charge in [-0.2, -0.15) is 0 Å². The zero-order valence-electron chi connectivity index (χ0n) is 10.9. The minimum Gasteiger partial charge on any atom is -0.382 e. The van der Waals surface area contributed by atoms with Crippen LogP contribution in [0.4, 0.5) is 0 Å². The molecule has 100 valence electrons. The van der Waals surface area contributed by atoms with E-state index in [1.54, 1.807) is 11.3 Å². The molecule has 18 heavy (non-hydrogen) atoms. The Morgan fingerprint density at radius 3 is 3.06 bits per heavy atom. The predicted molar refractivity (Wildman–Crippen MR) is 72.6 cm³/mol. The van der Waals surface area contributed by atoms with E-state index in [1.807, 2.05) is 11.8 Å². The van der Waals surface area contributed by atoms with Gasteiger partial charge in [0.15, 0.2) is 0 Å². The number of aryl methyl sites for hydroxylation is 1. The number of hydrogen-bond donors (Lipinski definition) is 1. The lowest BCUT2D eigenvalue weighted by Gasteiger charge is -2.23. The highest BCUT2D eigenvalue weighted by molar-refractivity contribution is 7.12. The Morgan fingerprint density at radius 1 is 1.56 bits per heavy atom. The summed E-state index contributed by atoms with van der Waals surface area (Å²) in [4.78, 5) is 16.3. The van der Waals surface area contributed by atoms with Gasteiger partial charge >= 0.3 is 0 Å². The highest BCUT2D eigenvalue weighted by atomic mass is 32.1. The Kier molecular flexibility index (Phi) is 4.74. The first-order valence-electron chi connectivity index (χ1n) is 6.39. The van der Waals surface area contributed by atoms with E-state index in [0.29, 0.717) is 6.54 Å². The number of carbonyl (C=O) groups is 1. The van der Waals surface area contributed by atoms with Gasteiger partial charge in [0, 0.05) is 29.5 Å². The maximum Gasteiger partial charge on any atom is 0.238 e. The fraction of sp³-hybridized carbons (Fsp3) is 0.615. The summed E-state index contributed by atoms with van der Waals surface area (Å²) in [5.74, 6) is 0.183.